The number of amides is 1. The van der Waals surface area contributed by atoms with E-state index in [9.17, 15) is 4.79 Å². The van der Waals surface area contributed by atoms with Crippen molar-refractivity contribution >= 4 is 5.91 Å². The molecule has 1 amide bonds. The van der Waals surface area contributed by atoms with Gasteiger partial charge in [-0.3, -0.25) is 4.79 Å². The normalized spacial score (nSPS) is 18.7. The van der Waals surface area contributed by atoms with E-state index in [2.05, 4.69) is 26.1 Å². The van der Waals surface area contributed by atoms with Gasteiger partial charge in [-0.25, -0.2) is 0 Å². The molecule has 0 bridgehead atoms. The Balaban J connectivity index is 2.09. The maximum Gasteiger partial charge on any atom is 0.220 e. The molecule has 1 aliphatic rings. The predicted octanol–water partition coefficient (Wildman–Crippen LogP) is 1.67. The minimum atomic E-state index is 0.0770. The minimum Gasteiger partial charge on any atom is -0.355 e. The van der Waals surface area contributed by atoms with Crippen LogP contribution in [0, 0.1) is 11.3 Å². The average Bonchev–Trinajstić information content (AvgIpc) is 2.81. The molecule has 0 radical (unpaired) electrons. The second-order valence-electron chi connectivity index (χ2n) is 5.98. The van der Waals surface area contributed by atoms with Crippen molar-refractivity contribution in [3.8, 4) is 0 Å². The number of hydrogen-bond donors (Lipinski definition) is 2. The summed E-state index contributed by atoms with van der Waals surface area (Å²) in [5.74, 6) is 0.825. The first-order valence-electron chi connectivity index (χ1n) is 5.89. The lowest BCUT2D eigenvalue weighted by molar-refractivity contribution is -0.121. The molecule has 0 aromatic carbocycles. The third-order valence-corrected chi connectivity index (χ3v) is 2.61. The smallest absolute Gasteiger partial charge is 0.220 e. The van der Waals surface area contributed by atoms with E-state index in [-0.39, 0.29) is 17.4 Å². The molecule has 0 aliphatic heterocycles. The Morgan fingerprint density at radius 2 is 2.07 bits per heavy atom. The predicted molar refractivity (Wildman–Crippen MR) is 62.4 cm³/mol. The highest BCUT2D eigenvalue weighted by molar-refractivity contribution is 5.76. The van der Waals surface area contributed by atoms with Crippen LogP contribution in [-0.4, -0.2) is 18.5 Å². The molecule has 1 aliphatic carbocycles. The Bertz CT molecular complexity index is 216. The zero-order chi connectivity index (χ0) is 11.5. The number of nitrogens with one attached hydrogen (secondary N) is 1. The Morgan fingerprint density at radius 1 is 1.47 bits per heavy atom. The average molecular weight is 212 g/mol. The van der Waals surface area contributed by atoms with Crippen LogP contribution in [0.1, 0.15) is 46.5 Å². The summed E-state index contributed by atoms with van der Waals surface area (Å²) < 4.78 is 0. The van der Waals surface area contributed by atoms with E-state index in [0.717, 1.165) is 6.42 Å². The summed E-state index contributed by atoms with van der Waals surface area (Å²) in [7, 11) is 0. The lowest BCUT2D eigenvalue weighted by atomic mass is 9.88. The Labute approximate surface area is 92.8 Å². The zero-order valence-electron chi connectivity index (χ0n) is 10.2. The van der Waals surface area contributed by atoms with Crippen molar-refractivity contribution in [3.63, 3.8) is 0 Å². The van der Waals surface area contributed by atoms with Gasteiger partial charge >= 0.3 is 0 Å². The van der Waals surface area contributed by atoms with E-state index in [4.69, 9.17) is 5.73 Å². The topological polar surface area (TPSA) is 55.1 Å². The highest BCUT2D eigenvalue weighted by Crippen LogP contribution is 2.32. The van der Waals surface area contributed by atoms with Gasteiger partial charge in [0.15, 0.2) is 0 Å². The summed E-state index contributed by atoms with van der Waals surface area (Å²) in [5, 5.41) is 2.91. The minimum absolute atomic E-state index is 0.0770. The SMILES string of the molecule is CC(C)(C)CC(N)CNC(=O)CC1CC1. The van der Waals surface area contributed by atoms with Gasteiger partial charge in [-0.2, -0.15) is 0 Å². The largest absolute Gasteiger partial charge is 0.355 e. The van der Waals surface area contributed by atoms with Gasteiger partial charge in [-0.05, 0) is 30.6 Å². The third-order valence-electron chi connectivity index (χ3n) is 2.61. The van der Waals surface area contributed by atoms with Gasteiger partial charge in [0.05, 0.1) is 0 Å². The molecule has 1 atom stereocenters. The number of rotatable bonds is 5. The van der Waals surface area contributed by atoms with Crippen LogP contribution in [0.3, 0.4) is 0 Å². The Morgan fingerprint density at radius 3 is 2.53 bits per heavy atom. The van der Waals surface area contributed by atoms with E-state index >= 15 is 0 Å². The van der Waals surface area contributed by atoms with Crippen molar-refractivity contribution < 1.29 is 4.79 Å². The van der Waals surface area contributed by atoms with Crippen LogP contribution in [0.25, 0.3) is 0 Å². The molecule has 3 N–H and O–H groups in total. The fourth-order valence-electron chi connectivity index (χ4n) is 1.76. The highest BCUT2D eigenvalue weighted by atomic mass is 16.1. The Hall–Kier alpha value is -0.570. The van der Waals surface area contributed by atoms with Gasteiger partial charge in [0, 0.05) is 19.0 Å². The molecule has 0 saturated heterocycles. The molecule has 3 heteroatoms. The Kier molecular flexibility index (Phi) is 4.14. The summed E-state index contributed by atoms with van der Waals surface area (Å²) in [5.41, 5.74) is 6.18. The van der Waals surface area contributed by atoms with Crippen LogP contribution in [0.4, 0.5) is 0 Å². The maximum absolute atomic E-state index is 11.4. The van der Waals surface area contributed by atoms with Gasteiger partial charge in [-0.15, -0.1) is 0 Å². The molecule has 0 aromatic heterocycles. The fourth-order valence-corrected chi connectivity index (χ4v) is 1.76. The van der Waals surface area contributed by atoms with Gasteiger partial charge in [0.2, 0.25) is 5.91 Å². The molecule has 15 heavy (non-hydrogen) atoms. The quantitative estimate of drug-likeness (QED) is 0.728. The van der Waals surface area contributed by atoms with Gasteiger partial charge < -0.3 is 11.1 Å². The molecule has 1 unspecified atom stereocenters. The van der Waals surface area contributed by atoms with E-state index < -0.39 is 0 Å². The van der Waals surface area contributed by atoms with Gasteiger partial charge in [-0.1, -0.05) is 20.8 Å². The first-order chi connectivity index (χ1) is 6.87. The van der Waals surface area contributed by atoms with Crippen molar-refractivity contribution in [2.75, 3.05) is 6.54 Å². The maximum atomic E-state index is 11.4. The van der Waals surface area contributed by atoms with E-state index in [1.165, 1.54) is 12.8 Å². The standard InChI is InChI=1S/C12H24N2O/c1-12(2,3)7-10(13)8-14-11(15)6-9-4-5-9/h9-10H,4-8,13H2,1-3H3,(H,14,15). The van der Waals surface area contributed by atoms with Crippen LogP contribution < -0.4 is 11.1 Å². The molecule has 0 spiro atoms. The van der Waals surface area contributed by atoms with Crippen LogP contribution in [-0.2, 0) is 4.79 Å². The first kappa shape index (κ1) is 12.5. The van der Waals surface area contributed by atoms with E-state index in [0.29, 0.717) is 18.9 Å². The van der Waals surface area contributed by atoms with E-state index in [1.807, 2.05) is 0 Å². The van der Waals surface area contributed by atoms with Gasteiger partial charge in [0.25, 0.3) is 0 Å². The molecule has 0 heterocycles. The summed E-state index contributed by atoms with van der Waals surface area (Å²) in [6.45, 7) is 7.11. The van der Waals surface area contributed by atoms with Gasteiger partial charge in [0.1, 0.15) is 0 Å². The number of carbonyl (C=O) groups is 1. The third kappa shape index (κ3) is 6.50. The summed E-state index contributed by atoms with van der Waals surface area (Å²) in [6, 6.07) is 0.0770. The molecular formula is C12H24N2O. The van der Waals surface area contributed by atoms with Crippen LogP contribution in [0.2, 0.25) is 0 Å². The summed E-state index contributed by atoms with van der Waals surface area (Å²) in [6.07, 6.45) is 4.09. The van der Waals surface area contributed by atoms with Crippen LogP contribution in [0.15, 0.2) is 0 Å². The molecule has 1 rings (SSSR count). The molecule has 3 nitrogen and oxygen atoms in total. The van der Waals surface area contributed by atoms with Crippen molar-refractivity contribution in [3.05, 3.63) is 0 Å². The number of carbonyl (C=O) groups excluding carboxylic acids is 1. The van der Waals surface area contributed by atoms with E-state index in [1.54, 1.807) is 0 Å². The monoisotopic (exact) mass is 212 g/mol. The molecule has 1 saturated carbocycles. The lowest BCUT2D eigenvalue weighted by Crippen LogP contribution is -2.39. The van der Waals surface area contributed by atoms with Crippen molar-refractivity contribution in [1.82, 2.24) is 5.32 Å². The van der Waals surface area contributed by atoms with Crippen molar-refractivity contribution in [2.24, 2.45) is 17.1 Å². The first-order valence-corrected chi connectivity index (χ1v) is 5.89. The van der Waals surface area contributed by atoms with Crippen LogP contribution in [0.5, 0.6) is 0 Å². The van der Waals surface area contributed by atoms with Crippen molar-refractivity contribution in [2.45, 2.75) is 52.5 Å². The summed E-state index contributed by atoms with van der Waals surface area (Å²) in [4.78, 5) is 11.4. The molecule has 0 aromatic rings. The lowest BCUT2D eigenvalue weighted by Gasteiger charge is -2.23. The van der Waals surface area contributed by atoms with Crippen LogP contribution >= 0.6 is 0 Å². The number of hydrogen-bond acceptors (Lipinski definition) is 2. The van der Waals surface area contributed by atoms with Crippen molar-refractivity contribution in [1.29, 1.82) is 0 Å². The second-order valence-corrected chi connectivity index (χ2v) is 5.98. The highest BCUT2D eigenvalue weighted by Gasteiger charge is 2.24. The second kappa shape index (κ2) is 4.97. The zero-order valence-corrected chi connectivity index (χ0v) is 10.2. The molecular weight excluding hydrogens is 188 g/mol. The summed E-state index contributed by atoms with van der Waals surface area (Å²) >= 11 is 0. The molecule has 1 fully saturated rings. The fraction of sp³-hybridized carbons (Fsp3) is 0.917. The number of nitrogens with two attached hydrogens (primary N) is 1. The molecule has 88 valence electrons.